The second kappa shape index (κ2) is 6.05. The summed E-state index contributed by atoms with van der Waals surface area (Å²) < 4.78 is 1.56. The minimum Gasteiger partial charge on any atom is -0.356 e. The monoisotopic (exact) mass is 358 g/mol. The highest BCUT2D eigenvalue weighted by molar-refractivity contribution is 5.95. The van der Waals surface area contributed by atoms with Gasteiger partial charge < -0.3 is 9.88 Å². The Morgan fingerprint density at radius 3 is 2.74 bits per heavy atom. The van der Waals surface area contributed by atoms with E-state index < -0.39 is 0 Å². The first-order chi connectivity index (χ1) is 13.2. The number of nitrogens with zero attached hydrogens (tertiary/aromatic N) is 5. The molecule has 1 amide bonds. The van der Waals surface area contributed by atoms with E-state index in [9.17, 15) is 4.79 Å². The molecule has 1 atom stereocenters. The Labute approximate surface area is 155 Å². The maximum absolute atomic E-state index is 13.1. The number of fused-ring (bicyclic) bond motifs is 3. The highest BCUT2D eigenvalue weighted by Gasteiger charge is 2.30. The second-order valence-electron chi connectivity index (χ2n) is 6.79. The van der Waals surface area contributed by atoms with E-state index in [-0.39, 0.29) is 11.9 Å². The molecule has 4 aromatic rings. The topological polar surface area (TPSA) is 79.7 Å². The lowest BCUT2D eigenvalue weighted by Gasteiger charge is -2.33. The number of rotatable bonds is 2. The molecule has 1 N–H and O–H groups in total. The lowest BCUT2D eigenvalue weighted by Crippen LogP contribution is -2.38. The summed E-state index contributed by atoms with van der Waals surface area (Å²) in [5.74, 6) is 0.0371. The predicted molar refractivity (Wildman–Crippen MR) is 101 cm³/mol. The molecule has 27 heavy (non-hydrogen) atoms. The molecule has 0 spiro atoms. The van der Waals surface area contributed by atoms with E-state index >= 15 is 0 Å². The molecular formula is C20H18N6O. The summed E-state index contributed by atoms with van der Waals surface area (Å²) >= 11 is 0. The maximum Gasteiger partial charge on any atom is 0.254 e. The van der Waals surface area contributed by atoms with Crippen LogP contribution >= 0.6 is 0 Å². The van der Waals surface area contributed by atoms with Crippen molar-refractivity contribution < 1.29 is 4.79 Å². The van der Waals surface area contributed by atoms with Gasteiger partial charge >= 0.3 is 0 Å². The van der Waals surface area contributed by atoms with Crippen LogP contribution in [0.1, 0.15) is 34.6 Å². The third-order valence-corrected chi connectivity index (χ3v) is 5.32. The van der Waals surface area contributed by atoms with Gasteiger partial charge in [-0.2, -0.15) is 0 Å². The summed E-state index contributed by atoms with van der Waals surface area (Å²) in [6, 6.07) is 15.7. The standard InChI is InChI=1S/C20H18N6O/c1-13-19-17(16-4-2-3-5-18(16)22-19)10-11-25(13)20(27)14-6-8-15(9-7-14)26-12-21-23-24-26/h2-9,12-13,22H,10-11H2,1H3/t13-/m1/s1. The van der Waals surface area contributed by atoms with Crippen LogP contribution < -0.4 is 0 Å². The number of carbonyl (C=O) groups is 1. The molecule has 0 bridgehead atoms. The minimum absolute atomic E-state index is 0.00726. The Balaban J connectivity index is 1.44. The van der Waals surface area contributed by atoms with Crippen LogP contribution in [0.2, 0.25) is 0 Å². The Morgan fingerprint density at radius 2 is 1.96 bits per heavy atom. The van der Waals surface area contributed by atoms with E-state index in [1.165, 1.54) is 17.3 Å². The van der Waals surface area contributed by atoms with Gasteiger partial charge in [0.1, 0.15) is 6.33 Å². The highest BCUT2D eigenvalue weighted by atomic mass is 16.2. The summed E-state index contributed by atoms with van der Waals surface area (Å²) in [5.41, 5.74) is 5.09. The number of nitrogens with one attached hydrogen (secondary N) is 1. The summed E-state index contributed by atoms with van der Waals surface area (Å²) in [4.78, 5) is 18.5. The number of aromatic amines is 1. The molecule has 0 aliphatic carbocycles. The Morgan fingerprint density at radius 1 is 1.15 bits per heavy atom. The smallest absolute Gasteiger partial charge is 0.254 e. The molecular weight excluding hydrogens is 340 g/mol. The van der Waals surface area contributed by atoms with Crippen molar-refractivity contribution in [1.82, 2.24) is 30.1 Å². The van der Waals surface area contributed by atoms with Crippen LogP contribution in [0.25, 0.3) is 16.6 Å². The van der Waals surface area contributed by atoms with E-state index in [0.717, 1.165) is 23.3 Å². The average molecular weight is 358 g/mol. The van der Waals surface area contributed by atoms with Crippen LogP contribution in [0, 0.1) is 0 Å². The fourth-order valence-corrected chi connectivity index (χ4v) is 3.91. The lowest BCUT2D eigenvalue weighted by molar-refractivity contribution is 0.0674. The van der Waals surface area contributed by atoms with Crippen LogP contribution in [0.5, 0.6) is 0 Å². The summed E-state index contributed by atoms with van der Waals surface area (Å²) in [5, 5.41) is 12.4. The van der Waals surface area contributed by atoms with E-state index in [2.05, 4.69) is 45.6 Å². The van der Waals surface area contributed by atoms with E-state index in [0.29, 0.717) is 12.1 Å². The van der Waals surface area contributed by atoms with Crippen molar-refractivity contribution in [3.63, 3.8) is 0 Å². The van der Waals surface area contributed by atoms with Crippen molar-refractivity contribution >= 4 is 16.8 Å². The predicted octanol–water partition coefficient (Wildman–Crippen LogP) is 2.90. The number of para-hydroxylation sites is 1. The highest BCUT2D eigenvalue weighted by Crippen LogP contribution is 2.34. The third kappa shape index (κ3) is 2.51. The van der Waals surface area contributed by atoms with Crippen molar-refractivity contribution in [2.75, 3.05) is 6.54 Å². The molecule has 7 heteroatoms. The molecule has 0 radical (unpaired) electrons. The van der Waals surface area contributed by atoms with E-state index in [1.54, 1.807) is 4.68 Å². The number of benzene rings is 2. The van der Waals surface area contributed by atoms with Crippen LogP contribution in [0.4, 0.5) is 0 Å². The Bertz CT molecular complexity index is 1110. The first-order valence-electron chi connectivity index (χ1n) is 8.96. The van der Waals surface area contributed by atoms with Gasteiger partial charge in [0.25, 0.3) is 5.91 Å². The van der Waals surface area contributed by atoms with Gasteiger partial charge in [0.05, 0.1) is 11.7 Å². The number of amides is 1. The largest absolute Gasteiger partial charge is 0.356 e. The summed E-state index contributed by atoms with van der Waals surface area (Å²) in [6.07, 6.45) is 2.39. The van der Waals surface area contributed by atoms with Crippen molar-refractivity contribution in [3.05, 3.63) is 71.7 Å². The van der Waals surface area contributed by atoms with Crippen molar-refractivity contribution in [2.45, 2.75) is 19.4 Å². The van der Waals surface area contributed by atoms with Gasteiger partial charge in [-0.1, -0.05) is 18.2 Å². The zero-order valence-corrected chi connectivity index (χ0v) is 14.8. The van der Waals surface area contributed by atoms with Crippen molar-refractivity contribution in [2.24, 2.45) is 0 Å². The zero-order chi connectivity index (χ0) is 18.4. The number of tetrazole rings is 1. The number of aromatic nitrogens is 5. The molecule has 2 aromatic heterocycles. The zero-order valence-electron chi connectivity index (χ0n) is 14.8. The average Bonchev–Trinajstić information content (AvgIpc) is 3.36. The fourth-order valence-electron chi connectivity index (χ4n) is 3.91. The van der Waals surface area contributed by atoms with Gasteiger partial charge in [-0.05, 0) is 59.7 Å². The van der Waals surface area contributed by atoms with Gasteiger partial charge in [0.15, 0.2) is 0 Å². The number of carbonyl (C=O) groups excluding carboxylic acids is 1. The molecule has 1 aliphatic rings. The van der Waals surface area contributed by atoms with Crippen LogP contribution in [0.3, 0.4) is 0 Å². The molecule has 0 saturated heterocycles. The molecule has 7 nitrogen and oxygen atoms in total. The van der Waals surface area contributed by atoms with Gasteiger partial charge in [0, 0.05) is 28.7 Å². The maximum atomic E-state index is 13.1. The Kier molecular flexibility index (Phi) is 3.53. The van der Waals surface area contributed by atoms with Gasteiger partial charge in [-0.3, -0.25) is 4.79 Å². The molecule has 5 rings (SSSR count). The van der Waals surface area contributed by atoms with Crippen LogP contribution in [-0.2, 0) is 6.42 Å². The molecule has 0 fully saturated rings. The first-order valence-corrected chi connectivity index (χ1v) is 8.96. The fraction of sp³-hybridized carbons (Fsp3) is 0.200. The lowest BCUT2D eigenvalue weighted by atomic mass is 9.97. The molecule has 1 aliphatic heterocycles. The van der Waals surface area contributed by atoms with E-state index in [4.69, 9.17) is 0 Å². The van der Waals surface area contributed by atoms with E-state index in [1.807, 2.05) is 35.2 Å². The molecule has 3 heterocycles. The van der Waals surface area contributed by atoms with Crippen molar-refractivity contribution in [3.8, 4) is 5.69 Å². The Hall–Kier alpha value is -3.48. The third-order valence-electron chi connectivity index (χ3n) is 5.32. The molecule has 0 unspecified atom stereocenters. The number of H-pyrrole nitrogens is 1. The van der Waals surface area contributed by atoms with Crippen LogP contribution in [-0.4, -0.2) is 42.5 Å². The molecule has 134 valence electrons. The molecule has 0 saturated carbocycles. The van der Waals surface area contributed by atoms with Gasteiger partial charge in [-0.15, -0.1) is 5.10 Å². The van der Waals surface area contributed by atoms with Gasteiger partial charge in [-0.25, -0.2) is 4.68 Å². The molecule has 2 aromatic carbocycles. The van der Waals surface area contributed by atoms with Gasteiger partial charge in [0.2, 0.25) is 0 Å². The minimum atomic E-state index is 0.00726. The SMILES string of the molecule is C[C@@H]1c2[nH]c3ccccc3c2CCN1C(=O)c1ccc(-n2cnnn2)cc1. The van der Waals surface area contributed by atoms with Crippen LogP contribution in [0.15, 0.2) is 54.9 Å². The quantitative estimate of drug-likeness (QED) is 0.597. The number of hydrogen-bond acceptors (Lipinski definition) is 4. The first kappa shape index (κ1) is 15.7. The van der Waals surface area contributed by atoms with Crippen molar-refractivity contribution in [1.29, 1.82) is 0 Å². The number of hydrogen-bond donors (Lipinski definition) is 1. The summed E-state index contributed by atoms with van der Waals surface area (Å²) in [6.45, 7) is 2.80. The normalized spacial score (nSPS) is 16.5. The second-order valence-corrected chi connectivity index (χ2v) is 6.79. The summed E-state index contributed by atoms with van der Waals surface area (Å²) in [7, 11) is 0.